The van der Waals surface area contributed by atoms with Crippen molar-refractivity contribution in [2.45, 2.75) is 39.4 Å². The Labute approximate surface area is 178 Å². The summed E-state index contributed by atoms with van der Waals surface area (Å²) in [5.74, 6) is 1.09. The summed E-state index contributed by atoms with van der Waals surface area (Å²) >= 11 is 0. The average molecular weight is 407 g/mol. The number of amides is 1. The Kier molecular flexibility index (Phi) is 6.50. The molecular formula is C25H30N2O3. The van der Waals surface area contributed by atoms with Gasteiger partial charge in [-0.2, -0.15) is 0 Å². The van der Waals surface area contributed by atoms with Crippen LogP contribution in [-0.2, 0) is 13.1 Å². The van der Waals surface area contributed by atoms with E-state index in [1.165, 1.54) is 5.56 Å². The highest BCUT2D eigenvalue weighted by molar-refractivity contribution is 5.97. The lowest BCUT2D eigenvalue weighted by atomic mass is 10.0. The average Bonchev–Trinajstić information content (AvgIpc) is 3.17. The van der Waals surface area contributed by atoms with Gasteiger partial charge in [0.1, 0.15) is 11.5 Å². The second kappa shape index (κ2) is 9.08. The predicted molar refractivity (Wildman–Crippen MR) is 119 cm³/mol. The number of nitrogens with zero attached hydrogens (tertiary/aromatic N) is 2. The van der Waals surface area contributed by atoms with Gasteiger partial charge in [0.25, 0.3) is 5.91 Å². The van der Waals surface area contributed by atoms with Gasteiger partial charge in [0, 0.05) is 30.0 Å². The Morgan fingerprint density at radius 2 is 1.70 bits per heavy atom. The van der Waals surface area contributed by atoms with Crippen LogP contribution in [0.2, 0.25) is 0 Å². The minimum atomic E-state index is -0.371. The summed E-state index contributed by atoms with van der Waals surface area (Å²) in [4.78, 5) is 15.4. The van der Waals surface area contributed by atoms with Gasteiger partial charge in [0.05, 0.1) is 26.3 Å². The van der Waals surface area contributed by atoms with Crippen molar-refractivity contribution in [2.24, 2.45) is 0 Å². The van der Waals surface area contributed by atoms with Gasteiger partial charge >= 0.3 is 0 Å². The van der Waals surface area contributed by atoms with Gasteiger partial charge in [-0.15, -0.1) is 0 Å². The van der Waals surface area contributed by atoms with Crippen molar-refractivity contribution in [2.75, 3.05) is 14.2 Å². The maximum atomic E-state index is 13.6. The van der Waals surface area contributed by atoms with E-state index in [9.17, 15) is 4.79 Å². The van der Waals surface area contributed by atoms with Gasteiger partial charge in [-0.25, -0.2) is 0 Å². The van der Waals surface area contributed by atoms with Crippen LogP contribution in [0, 0.1) is 0 Å². The molecule has 0 radical (unpaired) electrons. The summed E-state index contributed by atoms with van der Waals surface area (Å²) in [7, 11) is 3.16. The molecule has 0 fully saturated rings. The largest absolute Gasteiger partial charge is 0.497 e. The monoisotopic (exact) mass is 406 g/mol. The minimum Gasteiger partial charge on any atom is -0.497 e. The van der Waals surface area contributed by atoms with Crippen molar-refractivity contribution >= 4 is 5.91 Å². The maximum Gasteiger partial charge on any atom is 0.258 e. The van der Waals surface area contributed by atoms with Crippen molar-refractivity contribution in [3.63, 3.8) is 0 Å². The van der Waals surface area contributed by atoms with E-state index in [2.05, 4.69) is 29.0 Å². The molecule has 1 aromatic heterocycles. The molecule has 5 heteroatoms. The molecule has 0 aliphatic carbocycles. The van der Waals surface area contributed by atoms with E-state index in [1.54, 1.807) is 32.4 Å². The topological polar surface area (TPSA) is 43.7 Å². The Balaban J connectivity index is 1.90. The van der Waals surface area contributed by atoms with Gasteiger partial charge in [-0.05, 0) is 50.6 Å². The number of hydrogen-bond acceptors (Lipinski definition) is 3. The molecule has 1 heterocycles. The zero-order valence-corrected chi connectivity index (χ0v) is 18.4. The molecule has 0 saturated heterocycles. The minimum absolute atomic E-state index is 0.0746. The van der Waals surface area contributed by atoms with Crippen molar-refractivity contribution in [3.05, 3.63) is 83.7 Å². The second-order valence-corrected chi connectivity index (χ2v) is 8.24. The first-order valence-corrected chi connectivity index (χ1v) is 10.1. The van der Waals surface area contributed by atoms with Gasteiger partial charge in [0.2, 0.25) is 0 Å². The highest BCUT2D eigenvalue weighted by Gasteiger charge is 2.30. The third kappa shape index (κ3) is 4.85. The van der Waals surface area contributed by atoms with Gasteiger partial charge in [-0.1, -0.05) is 30.3 Å². The molecule has 1 amide bonds. The Bertz CT molecular complexity index is 987. The molecule has 5 nitrogen and oxygen atoms in total. The summed E-state index contributed by atoms with van der Waals surface area (Å²) in [5, 5.41) is 0. The van der Waals surface area contributed by atoms with Crippen LogP contribution in [0.15, 0.2) is 66.9 Å². The van der Waals surface area contributed by atoms with E-state index in [0.29, 0.717) is 23.6 Å². The number of ether oxygens (including phenoxy) is 2. The van der Waals surface area contributed by atoms with E-state index in [1.807, 2.05) is 49.9 Å². The first kappa shape index (κ1) is 21.5. The first-order valence-electron chi connectivity index (χ1n) is 10.1. The number of methoxy groups -OCH3 is 2. The van der Waals surface area contributed by atoms with Crippen LogP contribution in [0.4, 0.5) is 0 Å². The van der Waals surface area contributed by atoms with Gasteiger partial charge in [0.15, 0.2) is 0 Å². The van der Waals surface area contributed by atoms with Crippen LogP contribution in [-0.4, -0.2) is 35.1 Å². The Morgan fingerprint density at radius 3 is 2.33 bits per heavy atom. The van der Waals surface area contributed by atoms with Crippen molar-refractivity contribution in [1.29, 1.82) is 0 Å². The lowest BCUT2D eigenvalue weighted by molar-refractivity contribution is 0.0549. The number of rotatable bonds is 7. The summed E-state index contributed by atoms with van der Waals surface area (Å²) in [6, 6.07) is 19.7. The first-order chi connectivity index (χ1) is 14.3. The normalized spacial score (nSPS) is 11.2. The van der Waals surface area contributed by atoms with Crippen LogP contribution in [0.1, 0.15) is 42.4 Å². The van der Waals surface area contributed by atoms with Crippen molar-refractivity contribution in [3.8, 4) is 11.5 Å². The zero-order valence-electron chi connectivity index (χ0n) is 18.4. The van der Waals surface area contributed by atoms with Crippen LogP contribution < -0.4 is 9.47 Å². The smallest absolute Gasteiger partial charge is 0.258 e. The number of carbonyl (C=O) groups is 1. The Hall–Kier alpha value is -3.21. The van der Waals surface area contributed by atoms with E-state index < -0.39 is 0 Å². The molecule has 0 atom stereocenters. The molecule has 3 aromatic rings. The standard InChI is InChI=1S/C25H30N2O3/c1-25(2,3)27(24(28)22-14-13-21(29-4)16-23(22)30-5)18-20-12-9-15-26(20)17-19-10-7-6-8-11-19/h6-16H,17-18H2,1-5H3. The molecule has 0 unspecified atom stereocenters. The number of benzene rings is 2. The van der Waals surface area contributed by atoms with Crippen LogP contribution in [0.3, 0.4) is 0 Å². The fourth-order valence-electron chi connectivity index (χ4n) is 3.42. The summed E-state index contributed by atoms with van der Waals surface area (Å²) < 4.78 is 12.9. The molecule has 0 aliphatic heterocycles. The van der Waals surface area contributed by atoms with Gasteiger partial charge < -0.3 is 18.9 Å². The molecule has 0 saturated carbocycles. The molecular weight excluding hydrogens is 376 g/mol. The number of aromatic nitrogens is 1. The summed E-state index contributed by atoms with van der Waals surface area (Å²) in [6.45, 7) is 7.40. The van der Waals surface area contributed by atoms with Crippen LogP contribution in [0.25, 0.3) is 0 Å². The molecule has 0 N–H and O–H groups in total. The fourth-order valence-corrected chi connectivity index (χ4v) is 3.42. The molecule has 0 bridgehead atoms. The van der Waals surface area contributed by atoms with E-state index in [-0.39, 0.29) is 11.4 Å². The summed E-state index contributed by atoms with van der Waals surface area (Å²) in [5.41, 5.74) is 2.45. The summed E-state index contributed by atoms with van der Waals surface area (Å²) in [6.07, 6.45) is 2.06. The van der Waals surface area contributed by atoms with Crippen LogP contribution >= 0.6 is 0 Å². The second-order valence-electron chi connectivity index (χ2n) is 8.24. The number of hydrogen-bond donors (Lipinski definition) is 0. The van der Waals surface area contributed by atoms with Gasteiger partial charge in [-0.3, -0.25) is 4.79 Å². The third-order valence-corrected chi connectivity index (χ3v) is 5.13. The zero-order chi connectivity index (χ0) is 21.7. The lowest BCUT2D eigenvalue weighted by Crippen LogP contribution is -2.45. The van der Waals surface area contributed by atoms with Crippen molar-refractivity contribution < 1.29 is 14.3 Å². The maximum absolute atomic E-state index is 13.6. The van der Waals surface area contributed by atoms with E-state index >= 15 is 0 Å². The highest BCUT2D eigenvalue weighted by atomic mass is 16.5. The van der Waals surface area contributed by atoms with E-state index in [0.717, 1.165) is 12.2 Å². The Morgan fingerprint density at radius 1 is 0.967 bits per heavy atom. The molecule has 0 aliphatic rings. The number of carbonyl (C=O) groups excluding carboxylic acids is 1. The molecule has 30 heavy (non-hydrogen) atoms. The molecule has 158 valence electrons. The molecule has 0 spiro atoms. The lowest BCUT2D eigenvalue weighted by Gasteiger charge is -2.36. The predicted octanol–water partition coefficient (Wildman–Crippen LogP) is 4.99. The SMILES string of the molecule is COc1ccc(C(=O)N(Cc2cccn2Cc2ccccc2)C(C)(C)C)c(OC)c1. The molecule has 3 rings (SSSR count). The van der Waals surface area contributed by atoms with Crippen LogP contribution in [0.5, 0.6) is 11.5 Å². The quantitative estimate of drug-likeness (QED) is 0.555. The van der Waals surface area contributed by atoms with Crippen molar-refractivity contribution in [1.82, 2.24) is 9.47 Å². The fraction of sp³-hybridized carbons (Fsp3) is 0.320. The van der Waals surface area contributed by atoms with E-state index in [4.69, 9.17) is 9.47 Å². The highest BCUT2D eigenvalue weighted by Crippen LogP contribution is 2.29. The third-order valence-electron chi connectivity index (χ3n) is 5.13. The molecule has 2 aromatic carbocycles.